The van der Waals surface area contributed by atoms with E-state index in [4.69, 9.17) is 0 Å². The maximum Gasteiger partial charge on any atom is 0.315 e. The van der Waals surface area contributed by atoms with Gasteiger partial charge in [-0.2, -0.15) is 0 Å². The first-order valence-corrected chi connectivity index (χ1v) is 5.96. The van der Waals surface area contributed by atoms with Gasteiger partial charge in [-0.15, -0.1) is 11.3 Å². The largest absolute Gasteiger partial charge is 0.466 e. The Morgan fingerprint density at radius 3 is 2.81 bits per heavy atom. The molecule has 0 saturated heterocycles. The molecule has 88 valence electrons. The summed E-state index contributed by atoms with van der Waals surface area (Å²) in [4.78, 5) is 23.4. The van der Waals surface area contributed by atoms with Crippen LogP contribution in [-0.2, 0) is 20.9 Å². The second-order valence-corrected chi connectivity index (χ2v) is 4.29. The van der Waals surface area contributed by atoms with Crippen LogP contribution in [0.4, 0.5) is 0 Å². The second-order valence-electron chi connectivity index (χ2n) is 3.29. The smallest absolute Gasteiger partial charge is 0.315 e. The molecule has 0 aliphatic rings. The molecule has 0 unspecified atom stereocenters. The van der Waals surface area contributed by atoms with E-state index < -0.39 is 5.97 Å². The summed E-state index contributed by atoms with van der Waals surface area (Å²) in [7, 11) is 0. The van der Waals surface area contributed by atoms with Gasteiger partial charge < -0.3 is 10.1 Å². The Kier molecular flexibility index (Phi) is 4.98. The quantitative estimate of drug-likeness (QED) is 0.629. The average molecular weight is 241 g/mol. The van der Waals surface area contributed by atoms with E-state index in [1.165, 1.54) is 0 Å². The molecule has 1 aromatic heterocycles. The standard InChI is InChI=1S/C11H15NO3S/c1-3-15-11(14)6-10(13)12-7-9-8(2)4-5-16-9/h4-5H,3,6-7H2,1-2H3,(H,12,13). The number of carbonyl (C=O) groups excluding carboxylic acids is 2. The Hall–Kier alpha value is -1.36. The molecule has 1 heterocycles. The molecule has 0 fully saturated rings. The summed E-state index contributed by atoms with van der Waals surface area (Å²) >= 11 is 1.59. The highest BCUT2D eigenvalue weighted by molar-refractivity contribution is 7.10. The fourth-order valence-corrected chi connectivity index (χ4v) is 2.02. The first-order valence-electron chi connectivity index (χ1n) is 5.08. The molecule has 0 aromatic carbocycles. The molecule has 0 radical (unpaired) electrons. The molecule has 0 saturated carbocycles. The zero-order valence-electron chi connectivity index (χ0n) is 9.41. The Balaban J connectivity index is 2.31. The molecule has 0 atom stereocenters. The minimum absolute atomic E-state index is 0.210. The van der Waals surface area contributed by atoms with Gasteiger partial charge in [0.15, 0.2) is 0 Å². The number of nitrogens with one attached hydrogen (secondary N) is 1. The average Bonchev–Trinajstić information content (AvgIpc) is 2.61. The van der Waals surface area contributed by atoms with E-state index in [9.17, 15) is 9.59 Å². The van der Waals surface area contributed by atoms with E-state index >= 15 is 0 Å². The zero-order chi connectivity index (χ0) is 12.0. The molecule has 0 spiro atoms. The van der Waals surface area contributed by atoms with Crippen molar-refractivity contribution in [3.05, 3.63) is 21.9 Å². The predicted molar refractivity (Wildman–Crippen MR) is 62.2 cm³/mol. The summed E-state index contributed by atoms with van der Waals surface area (Å²) in [5.74, 6) is -0.783. The predicted octanol–water partition coefficient (Wildman–Crippen LogP) is 1.63. The monoisotopic (exact) mass is 241 g/mol. The molecule has 1 amide bonds. The maximum absolute atomic E-state index is 11.3. The number of hydrogen-bond donors (Lipinski definition) is 1. The highest BCUT2D eigenvalue weighted by atomic mass is 32.1. The van der Waals surface area contributed by atoms with Crippen LogP contribution in [0.25, 0.3) is 0 Å². The Morgan fingerprint density at radius 1 is 1.50 bits per heavy atom. The number of ether oxygens (including phenoxy) is 1. The van der Waals surface area contributed by atoms with Crippen LogP contribution >= 0.6 is 11.3 Å². The highest BCUT2D eigenvalue weighted by Gasteiger charge is 2.10. The number of carbonyl (C=O) groups is 2. The molecule has 4 nitrogen and oxygen atoms in total. The lowest BCUT2D eigenvalue weighted by atomic mass is 10.3. The molecule has 0 bridgehead atoms. The Morgan fingerprint density at radius 2 is 2.25 bits per heavy atom. The van der Waals surface area contributed by atoms with Gasteiger partial charge in [0.25, 0.3) is 0 Å². The zero-order valence-corrected chi connectivity index (χ0v) is 10.2. The van der Waals surface area contributed by atoms with Crippen LogP contribution in [0.3, 0.4) is 0 Å². The number of aryl methyl sites for hydroxylation is 1. The molecule has 0 aliphatic carbocycles. The molecule has 1 aromatic rings. The van der Waals surface area contributed by atoms with E-state index in [1.54, 1.807) is 18.3 Å². The minimum Gasteiger partial charge on any atom is -0.466 e. The molecular formula is C11H15NO3S. The minimum atomic E-state index is -0.483. The lowest BCUT2D eigenvalue weighted by Gasteiger charge is -2.04. The number of thiophene rings is 1. The van der Waals surface area contributed by atoms with Gasteiger partial charge in [0.2, 0.25) is 5.91 Å². The molecule has 16 heavy (non-hydrogen) atoms. The second kappa shape index (κ2) is 6.27. The van der Waals surface area contributed by atoms with E-state index in [-0.39, 0.29) is 12.3 Å². The van der Waals surface area contributed by atoms with E-state index in [2.05, 4.69) is 10.1 Å². The molecular weight excluding hydrogens is 226 g/mol. The van der Waals surface area contributed by atoms with Crippen LogP contribution in [0, 0.1) is 6.92 Å². The van der Waals surface area contributed by atoms with E-state index in [1.807, 2.05) is 18.4 Å². The summed E-state index contributed by atoms with van der Waals surface area (Å²) in [5, 5.41) is 4.66. The third kappa shape index (κ3) is 4.02. The number of amides is 1. The van der Waals surface area contributed by atoms with Crippen LogP contribution < -0.4 is 5.32 Å². The third-order valence-electron chi connectivity index (χ3n) is 2.02. The van der Waals surface area contributed by atoms with Gasteiger partial charge in [-0.1, -0.05) is 0 Å². The summed E-state index contributed by atoms with van der Waals surface area (Å²) < 4.78 is 4.68. The van der Waals surface area contributed by atoms with Gasteiger partial charge in [0.05, 0.1) is 13.2 Å². The summed E-state index contributed by atoms with van der Waals surface area (Å²) in [5.41, 5.74) is 1.15. The Labute approximate surface area is 98.6 Å². The van der Waals surface area contributed by atoms with E-state index in [0.717, 1.165) is 10.4 Å². The number of esters is 1. The van der Waals surface area contributed by atoms with Crippen molar-refractivity contribution in [2.24, 2.45) is 0 Å². The van der Waals surface area contributed by atoms with Crippen molar-refractivity contribution in [3.63, 3.8) is 0 Å². The molecule has 0 aliphatic heterocycles. The Bertz CT molecular complexity index is 373. The van der Waals surface area contributed by atoms with Gasteiger partial charge in [-0.3, -0.25) is 9.59 Å². The fraction of sp³-hybridized carbons (Fsp3) is 0.455. The van der Waals surface area contributed by atoms with Gasteiger partial charge in [0.1, 0.15) is 6.42 Å². The van der Waals surface area contributed by atoms with Crippen molar-refractivity contribution in [1.29, 1.82) is 0 Å². The first kappa shape index (κ1) is 12.7. The fourth-order valence-electron chi connectivity index (χ4n) is 1.17. The number of rotatable bonds is 5. The summed E-state index contributed by atoms with van der Waals surface area (Å²) in [6.07, 6.45) is -0.210. The van der Waals surface area contributed by atoms with Gasteiger partial charge in [-0.25, -0.2) is 0 Å². The normalized spacial score (nSPS) is 9.88. The van der Waals surface area contributed by atoms with Crippen molar-refractivity contribution in [1.82, 2.24) is 5.32 Å². The van der Waals surface area contributed by atoms with Crippen LogP contribution in [0.2, 0.25) is 0 Å². The summed E-state index contributed by atoms with van der Waals surface area (Å²) in [6, 6.07) is 2.00. The van der Waals surface area contributed by atoms with E-state index in [0.29, 0.717) is 13.2 Å². The lowest BCUT2D eigenvalue weighted by Crippen LogP contribution is -2.25. The first-order chi connectivity index (χ1) is 7.63. The summed E-state index contributed by atoms with van der Waals surface area (Å²) in [6.45, 7) is 4.48. The molecule has 1 rings (SSSR count). The van der Waals surface area contributed by atoms with Crippen LogP contribution in [0.1, 0.15) is 23.8 Å². The van der Waals surface area contributed by atoms with Crippen LogP contribution in [0.15, 0.2) is 11.4 Å². The third-order valence-corrected chi connectivity index (χ3v) is 3.05. The van der Waals surface area contributed by atoms with Crippen molar-refractivity contribution in [2.45, 2.75) is 26.8 Å². The van der Waals surface area contributed by atoms with Crippen molar-refractivity contribution in [3.8, 4) is 0 Å². The highest BCUT2D eigenvalue weighted by Crippen LogP contribution is 2.14. The van der Waals surface area contributed by atoms with Gasteiger partial charge in [-0.05, 0) is 30.9 Å². The topological polar surface area (TPSA) is 55.4 Å². The lowest BCUT2D eigenvalue weighted by molar-refractivity contribution is -0.145. The molecule has 5 heteroatoms. The maximum atomic E-state index is 11.3. The van der Waals surface area contributed by atoms with Crippen molar-refractivity contribution < 1.29 is 14.3 Å². The van der Waals surface area contributed by atoms with Crippen LogP contribution in [-0.4, -0.2) is 18.5 Å². The van der Waals surface area contributed by atoms with Crippen molar-refractivity contribution in [2.75, 3.05) is 6.61 Å². The number of hydrogen-bond acceptors (Lipinski definition) is 4. The van der Waals surface area contributed by atoms with Gasteiger partial charge >= 0.3 is 5.97 Å². The molecule has 1 N–H and O–H groups in total. The van der Waals surface area contributed by atoms with Crippen LogP contribution in [0.5, 0.6) is 0 Å². The SMILES string of the molecule is CCOC(=O)CC(=O)NCc1sccc1C. The van der Waals surface area contributed by atoms with Gasteiger partial charge in [0, 0.05) is 4.88 Å². The van der Waals surface area contributed by atoms with Crippen molar-refractivity contribution >= 4 is 23.2 Å².